The molecule has 2 nitrogen and oxygen atoms in total. The summed E-state index contributed by atoms with van der Waals surface area (Å²) in [6.07, 6.45) is 0. The number of hydrogen-bond acceptors (Lipinski definition) is 2. The highest BCUT2D eigenvalue weighted by Crippen LogP contribution is 2.31. The molecule has 0 N–H and O–H groups in total. The van der Waals surface area contributed by atoms with Crippen molar-refractivity contribution in [3.8, 4) is 0 Å². The van der Waals surface area contributed by atoms with E-state index >= 15 is 0 Å². The smallest absolute Gasteiger partial charge is 0.152 e. The summed E-state index contributed by atoms with van der Waals surface area (Å²) in [5.41, 5.74) is 1.28. The third-order valence-corrected chi connectivity index (χ3v) is 4.64. The van der Waals surface area contributed by atoms with Crippen LogP contribution in [-0.4, -0.2) is 22.8 Å². The number of rotatable bonds is 2. The van der Waals surface area contributed by atoms with Gasteiger partial charge in [0.05, 0.1) is 6.04 Å². The van der Waals surface area contributed by atoms with Gasteiger partial charge in [-0.2, -0.15) is 0 Å². The summed E-state index contributed by atoms with van der Waals surface area (Å²) in [7, 11) is 0. The maximum absolute atomic E-state index is 12.2. The lowest BCUT2D eigenvalue weighted by molar-refractivity contribution is -0.136. The van der Waals surface area contributed by atoms with Crippen molar-refractivity contribution in [2.24, 2.45) is 11.8 Å². The van der Waals surface area contributed by atoms with Crippen molar-refractivity contribution in [1.29, 1.82) is 0 Å². The van der Waals surface area contributed by atoms with Crippen molar-refractivity contribution in [1.82, 2.24) is 4.90 Å². The van der Waals surface area contributed by atoms with E-state index < -0.39 is 0 Å². The number of Topliss-reactive ketones (excluding diaryl/α,β-unsaturated/α-hetero) is 1. The highest BCUT2D eigenvalue weighted by atomic mass is 16.1. The average molecular weight is 245 g/mol. The number of carbonyl (C=O) groups excluding carboxylic acids is 1. The number of piperidine rings is 1. The number of ketones is 1. The highest BCUT2D eigenvalue weighted by molar-refractivity contribution is 5.86. The molecule has 1 aromatic rings. The molecule has 1 saturated heterocycles. The average Bonchev–Trinajstić information content (AvgIpc) is 2.40. The largest absolute Gasteiger partial charge is 0.298 e. The van der Waals surface area contributed by atoms with Gasteiger partial charge < -0.3 is 0 Å². The fraction of sp³-hybridized carbons (Fsp3) is 0.562. The molecular weight excluding hydrogens is 222 g/mol. The molecule has 1 aliphatic rings. The van der Waals surface area contributed by atoms with Gasteiger partial charge in [-0.3, -0.25) is 9.69 Å². The van der Waals surface area contributed by atoms with Gasteiger partial charge in [-0.15, -0.1) is 0 Å². The van der Waals surface area contributed by atoms with Crippen LogP contribution >= 0.6 is 0 Å². The molecular formula is C16H23NO. The molecule has 0 amide bonds. The number of hydrogen-bond donors (Lipinski definition) is 0. The molecule has 1 aliphatic heterocycles. The second-order valence-electron chi connectivity index (χ2n) is 5.62. The van der Waals surface area contributed by atoms with Gasteiger partial charge in [0.25, 0.3) is 0 Å². The van der Waals surface area contributed by atoms with Gasteiger partial charge in [-0.25, -0.2) is 0 Å². The maximum atomic E-state index is 12.2. The Morgan fingerprint density at radius 1 is 1.06 bits per heavy atom. The van der Waals surface area contributed by atoms with Gasteiger partial charge in [-0.05, 0) is 25.3 Å². The second kappa shape index (κ2) is 5.23. The molecule has 1 heterocycles. The van der Waals surface area contributed by atoms with Crippen molar-refractivity contribution < 1.29 is 4.79 Å². The summed E-state index contributed by atoms with van der Waals surface area (Å²) >= 11 is 0. The van der Waals surface area contributed by atoms with Crippen molar-refractivity contribution in [2.75, 3.05) is 0 Å². The molecule has 0 bridgehead atoms. The van der Waals surface area contributed by atoms with Crippen LogP contribution in [0.3, 0.4) is 0 Å². The first-order valence-corrected chi connectivity index (χ1v) is 6.85. The van der Waals surface area contributed by atoms with Crippen LogP contribution in [0, 0.1) is 11.8 Å². The van der Waals surface area contributed by atoms with Gasteiger partial charge in [0.15, 0.2) is 5.78 Å². The van der Waals surface area contributed by atoms with Crippen LogP contribution in [0.25, 0.3) is 0 Å². The van der Waals surface area contributed by atoms with E-state index in [2.05, 4.69) is 49.9 Å². The molecule has 2 rings (SSSR count). The summed E-state index contributed by atoms with van der Waals surface area (Å²) < 4.78 is 0. The fourth-order valence-corrected chi connectivity index (χ4v) is 2.95. The molecule has 0 aromatic heterocycles. The number of nitrogens with zero attached hydrogens (tertiary/aromatic N) is 1. The zero-order valence-electron chi connectivity index (χ0n) is 11.8. The minimum atomic E-state index is 0.0337. The molecule has 98 valence electrons. The van der Waals surface area contributed by atoms with E-state index in [1.54, 1.807) is 0 Å². The van der Waals surface area contributed by atoms with Crippen molar-refractivity contribution in [3.05, 3.63) is 35.9 Å². The lowest BCUT2D eigenvalue weighted by Gasteiger charge is -2.44. The predicted octanol–water partition coefficient (Wildman–Crippen LogP) is 3.12. The zero-order valence-corrected chi connectivity index (χ0v) is 11.8. The Morgan fingerprint density at radius 3 is 2.28 bits per heavy atom. The van der Waals surface area contributed by atoms with E-state index in [0.29, 0.717) is 17.7 Å². The lowest BCUT2D eigenvalue weighted by atomic mass is 9.78. The predicted molar refractivity (Wildman–Crippen MR) is 74.2 cm³/mol. The van der Waals surface area contributed by atoms with Crippen LogP contribution in [0.4, 0.5) is 0 Å². The highest BCUT2D eigenvalue weighted by Gasteiger charge is 2.40. The molecule has 0 spiro atoms. The molecule has 1 fully saturated rings. The van der Waals surface area contributed by atoms with Crippen molar-refractivity contribution >= 4 is 5.78 Å². The Bertz CT molecular complexity index is 414. The summed E-state index contributed by atoms with van der Waals surface area (Å²) in [5.74, 6) is 0.996. The molecule has 2 heteroatoms. The van der Waals surface area contributed by atoms with Crippen molar-refractivity contribution in [2.45, 2.75) is 46.3 Å². The Balaban J connectivity index is 2.18. The monoisotopic (exact) mass is 245 g/mol. The van der Waals surface area contributed by atoms with Gasteiger partial charge in [-0.1, -0.05) is 44.2 Å². The Hall–Kier alpha value is -1.15. The molecule has 0 aliphatic carbocycles. The van der Waals surface area contributed by atoms with Crippen LogP contribution in [0.15, 0.2) is 30.3 Å². The zero-order chi connectivity index (χ0) is 13.3. The van der Waals surface area contributed by atoms with Gasteiger partial charge >= 0.3 is 0 Å². The molecule has 1 aromatic carbocycles. The first-order valence-electron chi connectivity index (χ1n) is 6.85. The van der Waals surface area contributed by atoms with Gasteiger partial charge in [0.1, 0.15) is 0 Å². The molecule has 0 unspecified atom stereocenters. The third-order valence-electron chi connectivity index (χ3n) is 4.64. The van der Waals surface area contributed by atoms with Gasteiger partial charge in [0.2, 0.25) is 0 Å². The van der Waals surface area contributed by atoms with E-state index in [1.165, 1.54) is 5.56 Å². The topological polar surface area (TPSA) is 20.3 Å². The molecule has 0 saturated carbocycles. The Labute approximate surface area is 110 Å². The van der Waals surface area contributed by atoms with Crippen LogP contribution in [0.1, 0.15) is 33.3 Å². The van der Waals surface area contributed by atoms with E-state index in [4.69, 9.17) is 0 Å². The molecule has 0 radical (unpaired) electrons. The summed E-state index contributed by atoms with van der Waals surface area (Å²) in [5, 5.41) is 0. The van der Waals surface area contributed by atoms with E-state index in [9.17, 15) is 4.79 Å². The van der Waals surface area contributed by atoms with E-state index in [1.807, 2.05) is 13.0 Å². The minimum Gasteiger partial charge on any atom is -0.298 e. The Kier molecular flexibility index (Phi) is 3.86. The van der Waals surface area contributed by atoms with Crippen molar-refractivity contribution in [3.63, 3.8) is 0 Å². The Morgan fingerprint density at radius 2 is 1.67 bits per heavy atom. The van der Waals surface area contributed by atoms with Crippen LogP contribution in [0.2, 0.25) is 0 Å². The molecule has 4 atom stereocenters. The number of benzene rings is 1. The quantitative estimate of drug-likeness (QED) is 0.798. The summed E-state index contributed by atoms with van der Waals surface area (Å²) in [4.78, 5) is 14.6. The SMILES string of the molecule is C[C@@H]1[C@@H](C)N(Cc2ccccc2)[C@@H](C)C(=O)[C@@H]1C. The summed E-state index contributed by atoms with van der Waals surface area (Å²) in [6.45, 7) is 9.42. The lowest BCUT2D eigenvalue weighted by Crippen LogP contribution is -2.55. The van der Waals surface area contributed by atoms with Crippen LogP contribution < -0.4 is 0 Å². The normalized spacial score (nSPS) is 33.7. The minimum absolute atomic E-state index is 0.0337. The van der Waals surface area contributed by atoms with Crippen LogP contribution in [0.5, 0.6) is 0 Å². The maximum Gasteiger partial charge on any atom is 0.152 e. The second-order valence-corrected chi connectivity index (χ2v) is 5.62. The molecule has 18 heavy (non-hydrogen) atoms. The first kappa shape index (κ1) is 13.3. The van der Waals surface area contributed by atoms with Crippen LogP contribution in [-0.2, 0) is 11.3 Å². The first-order chi connectivity index (χ1) is 8.52. The summed E-state index contributed by atoms with van der Waals surface area (Å²) in [6, 6.07) is 10.9. The van der Waals surface area contributed by atoms with E-state index in [0.717, 1.165) is 6.54 Å². The van der Waals surface area contributed by atoms with E-state index in [-0.39, 0.29) is 12.0 Å². The standard InChI is InChI=1S/C16H23NO/c1-11-12(2)16(18)14(4)17(13(11)3)10-15-8-6-5-7-9-15/h5-9,11-14H,10H2,1-4H3/t11-,12+,13+,14-/m0/s1. The fourth-order valence-electron chi connectivity index (χ4n) is 2.95. The number of likely N-dealkylation sites (tertiary alicyclic amines) is 1. The number of carbonyl (C=O) groups is 1. The van der Waals surface area contributed by atoms with Gasteiger partial charge in [0, 0.05) is 18.5 Å². The third kappa shape index (κ3) is 2.35.